The molecule has 2 heterocycles. The zero-order valence-corrected chi connectivity index (χ0v) is 22.8. The van der Waals surface area contributed by atoms with Gasteiger partial charge in [-0.15, -0.1) is 0 Å². The molecule has 2 aromatic carbocycles. The quantitative estimate of drug-likeness (QED) is 0.483. The van der Waals surface area contributed by atoms with E-state index < -0.39 is 10.0 Å². The van der Waals surface area contributed by atoms with Crippen molar-refractivity contribution in [2.24, 2.45) is 29.1 Å². The standard InChI is InChI=1S/C31H40N2O3S/c1-36-30(31-17-23-14-24(18-31)16-25(15-23)19-31)21-32-12-10-22(11-13-32)20-33-28-8-4-2-6-26(28)27-7-3-5-9-29(27)37(33,34)35/h2-9,22-25,30H,10-21H2,1H3/t23?,24?,25?,30-,31?/m0/s1. The maximum Gasteiger partial charge on any atom is 0.264 e. The Labute approximate surface area is 222 Å². The van der Waals surface area contributed by atoms with E-state index in [2.05, 4.69) is 4.90 Å². The number of rotatable bonds is 6. The van der Waals surface area contributed by atoms with Crippen molar-refractivity contribution in [3.8, 4) is 11.1 Å². The molecule has 8 rings (SSSR count). The molecule has 37 heavy (non-hydrogen) atoms. The van der Waals surface area contributed by atoms with Crippen LogP contribution in [0, 0.1) is 29.1 Å². The fourth-order valence-electron chi connectivity index (χ4n) is 9.19. The molecule has 0 amide bonds. The molecule has 2 aliphatic heterocycles. The van der Waals surface area contributed by atoms with Gasteiger partial charge in [0.1, 0.15) is 0 Å². The number of nitrogens with zero attached hydrogens (tertiary/aromatic N) is 2. The molecule has 4 aliphatic carbocycles. The summed E-state index contributed by atoms with van der Waals surface area (Å²) in [5, 5.41) is 0. The van der Waals surface area contributed by atoms with Crippen molar-refractivity contribution < 1.29 is 13.2 Å². The number of ether oxygens (including phenoxy) is 1. The van der Waals surface area contributed by atoms with Gasteiger partial charge in [-0.3, -0.25) is 4.31 Å². The summed E-state index contributed by atoms with van der Waals surface area (Å²) in [5.41, 5.74) is 3.06. The number of fused-ring (bicyclic) bond motifs is 3. The van der Waals surface area contributed by atoms with Crippen molar-refractivity contribution in [3.63, 3.8) is 0 Å². The Hall–Kier alpha value is -1.89. The molecule has 5 fully saturated rings. The van der Waals surface area contributed by atoms with Crippen molar-refractivity contribution in [3.05, 3.63) is 48.5 Å². The van der Waals surface area contributed by atoms with E-state index in [0.717, 1.165) is 67.0 Å². The maximum absolute atomic E-state index is 13.7. The third kappa shape index (κ3) is 4.06. The Bertz CT molecular complexity index is 1230. The lowest BCUT2D eigenvalue weighted by atomic mass is 9.48. The highest BCUT2D eigenvalue weighted by Crippen LogP contribution is 2.61. The van der Waals surface area contributed by atoms with Gasteiger partial charge in [0.2, 0.25) is 0 Å². The van der Waals surface area contributed by atoms with Gasteiger partial charge >= 0.3 is 0 Å². The minimum Gasteiger partial charge on any atom is -0.380 e. The number of methoxy groups -OCH3 is 1. The van der Waals surface area contributed by atoms with Gasteiger partial charge in [-0.2, -0.15) is 0 Å². The number of para-hydroxylation sites is 1. The van der Waals surface area contributed by atoms with Gasteiger partial charge in [0.25, 0.3) is 10.0 Å². The van der Waals surface area contributed by atoms with Crippen LogP contribution in [-0.2, 0) is 14.8 Å². The van der Waals surface area contributed by atoms with Gasteiger partial charge < -0.3 is 9.64 Å². The van der Waals surface area contributed by atoms with Crippen LogP contribution in [0.5, 0.6) is 0 Å². The van der Waals surface area contributed by atoms with Gasteiger partial charge in [-0.1, -0.05) is 36.4 Å². The lowest BCUT2D eigenvalue weighted by Gasteiger charge is -2.59. The van der Waals surface area contributed by atoms with Gasteiger partial charge in [0, 0.05) is 31.3 Å². The molecule has 6 aliphatic rings. The van der Waals surface area contributed by atoms with Crippen LogP contribution in [0.3, 0.4) is 0 Å². The third-order valence-electron chi connectivity index (χ3n) is 10.5. The summed E-state index contributed by atoms with van der Waals surface area (Å²) >= 11 is 0. The predicted octanol–water partition coefficient (Wildman–Crippen LogP) is 5.81. The molecular formula is C31H40N2O3S. The number of sulfonamides is 1. The van der Waals surface area contributed by atoms with Gasteiger partial charge in [-0.25, -0.2) is 8.42 Å². The predicted molar refractivity (Wildman–Crippen MR) is 147 cm³/mol. The normalized spacial score (nSPS) is 33.2. The summed E-state index contributed by atoms with van der Waals surface area (Å²) in [6.07, 6.45) is 10.9. The molecule has 0 spiro atoms. The highest BCUT2D eigenvalue weighted by Gasteiger charge is 2.54. The van der Waals surface area contributed by atoms with Crippen LogP contribution in [0.25, 0.3) is 11.1 Å². The average molecular weight is 521 g/mol. The van der Waals surface area contributed by atoms with Crippen LogP contribution in [-0.4, -0.2) is 52.7 Å². The highest BCUT2D eigenvalue weighted by molar-refractivity contribution is 7.93. The Morgan fingerprint density at radius 1 is 0.892 bits per heavy atom. The molecule has 0 aromatic heterocycles. The van der Waals surface area contributed by atoms with Crippen molar-refractivity contribution in [1.82, 2.24) is 4.90 Å². The fourth-order valence-corrected chi connectivity index (χ4v) is 11.0. The summed E-state index contributed by atoms with van der Waals surface area (Å²) < 4.78 is 35.3. The van der Waals surface area contributed by atoms with Crippen molar-refractivity contribution in [2.75, 3.05) is 37.6 Å². The van der Waals surface area contributed by atoms with E-state index >= 15 is 0 Å². The zero-order valence-electron chi connectivity index (χ0n) is 22.0. The minimum absolute atomic E-state index is 0.336. The van der Waals surface area contributed by atoms with Crippen LogP contribution in [0.2, 0.25) is 0 Å². The van der Waals surface area contributed by atoms with E-state index in [9.17, 15) is 8.42 Å². The van der Waals surface area contributed by atoms with Crippen LogP contribution in [0.15, 0.2) is 53.4 Å². The number of likely N-dealkylation sites (tertiary alicyclic amines) is 1. The molecule has 1 atom stereocenters. The molecule has 0 N–H and O–H groups in total. The van der Waals surface area contributed by atoms with E-state index in [-0.39, 0.29) is 0 Å². The summed E-state index contributed by atoms with van der Waals surface area (Å²) in [7, 11) is -1.62. The Morgan fingerprint density at radius 2 is 1.49 bits per heavy atom. The average Bonchev–Trinajstić information content (AvgIpc) is 2.90. The molecule has 6 heteroatoms. The zero-order chi connectivity index (χ0) is 25.2. The van der Waals surface area contributed by atoms with Crippen molar-refractivity contribution in [1.29, 1.82) is 0 Å². The van der Waals surface area contributed by atoms with Gasteiger partial charge in [0.05, 0.1) is 16.7 Å². The summed E-state index contributed by atoms with van der Waals surface area (Å²) in [6, 6.07) is 15.4. The van der Waals surface area contributed by atoms with E-state index in [1.807, 2.05) is 49.6 Å². The van der Waals surface area contributed by atoms with E-state index in [1.165, 1.54) is 38.5 Å². The van der Waals surface area contributed by atoms with Gasteiger partial charge in [-0.05, 0) is 106 Å². The molecule has 4 saturated carbocycles. The Kier molecular flexibility index (Phi) is 5.94. The second-order valence-electron chi connectivity index (χ2n) is 12.8. The molecule has 2 aromatic rings. The number of benzene rings is 2. The lowest BCUT2D eigenvalue weighted by molar-refractivity contribution is -0.139. The first kappa shape index (κ1) is 24.2. The van der Waals surface area contributed by atoms with Crippen LogP contribution in [0.1, 0.15) is 51.4 Å². The number of hydrogen-bond acceptors (Lipinski definition) is 4. The Balaban J connectivity index is 1.03. The highest BCUT2D eigenvalue weighted by atomic mass is 32.2. The topological polar surface area (TPSA) is 49.9 Å². The van der Waals surface area contributed by atoms with Crippen molar-refractivity contribution in [2.45, 2.75) is 62.4 Å². The largest absolute Gasteiger partial charge is 0.380 e. The molecule has 198 valence electrons. The SMILES string of the molecule is CO[C@@H](CN1CCC(CN2c3ccccc3-c3ccccc3S2(=O)=O)CC1)C12CC3CC(CC(C3)C1)C2. The summed E-state index contributed by atoms with van der Waals surface area (Å²) in [6.45, 7) is 3.66. The fraction of sp³-hybridized carbons (Fsp3) is 0.613. The molecule has 0 radical (unpaired) electrons. The van der Waals surface area contributed by atoms with Crippen LogP contribution in [0.4, 0.5) is 5.69 Å². The van der Waals surface area contributed by atoms with Gasteiger partial charge in [0.15, 0.2) is 0 Å². The van der Waals surface area contributed by atoms with Crippen molar-refractivity contribution >= 4 is 15.7 Å². The second kappa shape index (κ2) is 9.10. The first-order valence-electron chi connectivity index (χ1n) is 14.4. The van der Waals surface area contributed by atoms with Crippen LogP contribution >= 0.6 is 0 Å². The second-order valence-corrected chi connectivity index (χ2v) is 14.6. The number of piperidine rings is 1. The van der Waals surface area contributed by atoms with E-state index in [0.29, 0.717) is 28.9 Å². The smallest absolute Gasteiger partial charge is 0.264 e. The van der Waals surface area contributed by atoms with Crippen LogP contribution < -0.4 is 4.31 Å². The molecule has 0 unspecified atom stereocenters. The summed E-state index contributed by atoms with van der Waals surface area (Å²) in [4.78, 5) is 3.04. The molecule has 5 nitrogen and oxygen atoms in total. The first-order valence-corrected chi connectivity index (χ1v) is 15.9. The lowest BCUT2D eigenvalue weighted by Crippen LogP contribution is -2.55. The first-order chi connectivity index (χ1) is 17.9. The number of hydrogen-bond donors (Lipinski definition) is 0. The van der Waals surface area contributed by atoms with E-state index in [4.69, 9.17) is 4.74 Å². The Morgan fingerprint density at radius 3 is 2.14 bits per heavy atom. The molecular weight excluding hydrogens is 480 g/mol. The third-order valence-corrected chi connectivity index (χ3v) is 12.4. The monoisotopic (exact) mass is 520 g/mol. The molecule has 4 bridgehead atoms. The molecule has 1 saturated heterocycles. The number of anilines is 1. The van der Waals surface area contributed by atoms with E-state index in [1.54, 1.807) is 10.4 Å². The minimum atomic E-state index is -3.56. The maximum atomic E-state index is 13.7. The summed E-state index contributed by atoms with van der Waals surface area (Å²) in [5.74, 6) is 3.18.